The van der Waals surface area contributed by atoms with Gasteiger partial charge in [0.25, 0.3) is 0 Å². The summed E-state index contributed by atoms with van der Waals surface area (Å²) in [7, 11) is 1.69. The van der Waals surface area contributed by atoms with E-state index in [1.54, 1.807) is 25.2 Å². The molecule has 0 bridgehead atoms. The number of hydrogen-bond acceptors (Lipinski definition) is 2. The standard InChI is InChI=1S/C11H9FN2O/c1-14-10(7-15)6-11(13-14)8-2-4-9(12)5-3-8/h2-7H,1H3. The predicted octanol–water partition coefficient (Wildman–Crippen LogP) is 2.04. The van der Waals surface area contributed by atoms with Gasteiger partial charge in [-0.25, -0.2) is 4.39 Å². The third kappa shape index (κ3) is 1.79. The Hall–Kier alpha value is -1.97. The number of carbonyl (C=O) groups excluding carboxylic acids is 1. The predicted molar refractivity (Wildman–Crippen MR) is 54.0 cm³/mol. The van der Waals surface area contributed by atoms with E-state index in [-0.39, 0.29) is 5.82 Å². The number of halogens is 1. The van der Waals surface area contributed by atoms with Crippen LogP contribution in [0.2, 0.25) is 0 Å². The number of benzene rings is 1. The van der Waals surface area contributed by atoms with Gasteiger partial charge in [-0.2, -0.15) is 5.10 Å². The first-order chi connectivity index (χ1) is 7.20. The molecule has 0 atom stereocenters. The molecule has 3 nitrogen and oxygen atoms in total. The van der Waals surface area contributed by atoms with E-state index in [2.05, 4.69) is 5.10 Å². The molecule has 0 saturated carbocycles. The summed E-state index contributed by atoms with van der Waals surface area (Å²) in [4.78, 5) is 10.6. The molecule has 0 fully saturated rings. The van der Waals surface area contributed by atoms with E-state index in [1.165, 1.54) is 16.8 Å². The average Bonchev–Trinajstić information content (AvgIpc) is 2.61. The van der Waals surface area contributed by atoms with E-state index in [0.717, 1.165) is 11.8 Å². The van der Waals surface area contributed by atoms with Crippen molar-refractivity contribution in [3.63, 3.8) is 0 Å². The maximum Gasteiger partial charge on any atom is 0.168 e. The molecule has 1 heterocycles. The number of aryl methyl sites for hydroxylation is 1. The lowest BCUT2D eigenvalue weighted by Crippen LogP contribution is -1.95. The molecule has 4 heteroatoms. The van der Waals surface area contributed by atoms with E-state index in [0.29, 0.717) is 11.4 Å². The van der Waals surface area contributed by atoms with Crippen LogP contribution in [-0.2, 0) is 7.05 Å². The molecule has 0 unspecified atom stereocenters. The summed E-state index contributed by atoms with van der Waals surface area (Å²) < 4.78 is 14.2. The molecule has 2 aromatic rings. The topological polar surface area (TPSA) is 34.9 Å². The van der Waals surface area contributed by atoms with Crippen molar-refractivity contribution < 1.29 is 9.18 Å². The highest BCUT2D eigenvalue weighted by Gasteiger charge is 2.05. The van der Waals surface area contributed by atoms with Crippen LogP contribution < -0.4 is 0 Å². The third-order valence-corrected chi connectivity index (χ3v) is 2.18. The quantitative estimate of drug-likeness (QED) is 0.701. The Balaban J connectivity index is 2.45. The molecule has 0 amide bonds. The fraction of sp³-hybridized carbons (Fsp3) is 0.0909. The van der Waals surface area contributed by atoms with Crippen molar-refractivity contribution in [3.05, 3.63) is 41.8 Å². The van der Waals surface area contributed by atoms with Gasteiger partial charge in [0, 0.05) is 12.6 Å². The van der Waals surface area contributed by atoms with E-state index >= 15 is 0 Å². The van der Waals surface area contributed by atoms with Crippen molar-refractivity contribution in [1.29, 1.82) is 0 Å². The minimum Gasteiger partial charge on any atom is -0.296 e. The highest BCUT2D eigenvalue weighted by Crippen LogP contribution is 2.18. The summed E-state index contributed by atoms with van der Waals surface area (Å²) in [6.45, 7) is 0. The lowest BCUT2D eigenvalue weighted by molar-refractivity contribution is 0.111. The van der Waals surface area contributed by atoms with Gasteiger partial charge in [-0.05, 0) is 30.3 Å². The van der Waals surface area contributed by atoms with Crippen molar-refractivity contribution in [2.24, 2.45) is 7.05 Å². The van der Waals surface area contributed by atoms with E-state index in [1.807, 2.05) is 0 Å². The van der Waals surface area contributed by atoms with Crippen LogP contribution in [0.3, 0.4) is 0 Å². The largest absolute Gasteiger partial charge is 0.296 e. The number of aldehydes is 1. The fourth-order valence-corrected chi connectivity index (χ4v) is 1.35. The molecular formula is C11H9FN2O. The molecule has 0 radical (unpaired) electrons. The Kier molecular flexibility index (Phi) is 2.33. The third-order valence-electron chi connectivity index (χ3n) is 2.18. The minimum atomic E-state index is -0.287. The average molecular weight is 204 g/mol. The molecule has 0 spiro atoms. The Bertz CT molecular complexity index is 488. The minimum absolute atomic E-state index is 0.287. The van der Waals surface area contributed by atoms with Crippen LogP contribution in [0.5, 0.6) is 0 Å². The second kappa shape index (κ2) is 3.65. The van der Waals surface area contributed by atoms with Crippen molar-refractivity contribution >= 4 is 6.29 Å². The van der Waals surface area contributed by atoms with Crippen LogP contribution in [0.1, 0.15) is 10.5 Å². The summed E-state index contributed by atoms with van der Waals surface area (Å²) in [5.74, 6) is -0.287. The second-order valence-electron chi connectivity index (χ2n) is 3.20. The van der Waals surface area contributed by atoms with Crippen LogP contribution in [0.4, 0.5) is 4.39 Å². The number of aromatic nitrogens is 2. The first-order valence-electron chi connectivity index (χ1n) is 4.46. The summed E-state index contributed by atoms with van der Waals surface area (Å²) in [5, 5.41) is 4.14. The SMILES string of the molecule is Cn1nc(-c2ccc(F)cc2)cc1C=O. The summed E-state index contributed by atoms with van der Waals surface area (Å²) in [6.07, 6.45) is 0.736. The Morgan fingerprint density at radius 3 is 2.53 bits per heavy atom. The normalized spacial score (nSPS) is 10.3. The van der Waals surface area contributed by atoms with Crippen molar-refractivity contribution in [1.82, 2.24) is 9.78 Å². The second-order valence-corrected chi connectivity index (χ2v) is 3.20. The molecule has 0 aliphatic carbocycles. The van der Waals surface area contributed by atoms with Gasteiger partial charge < -0.3 is 0 Å². The van der Waals surface area contributed by atoms with Crippen molar-refractivity contribution in [3.8, 4) is 11.3 Å². The van der Waals surface area contributed by atoms with Gasteiger partial charge in [0.05, 0.1) is 5.69 Å². The smallest absolute Gasteiger partial charge is 0.168 e. The van der Waals surface area contributed by atoms with Crippen molar-refractivity contribution in [2.75, 3.05) is 0 Å². The highest BCUT2D eigenvalue weighted by atomic mass is 19.1. The molecule has 2 rings (SSSR count). The number of carbonyl (C=O) groups is 1. The van der Waals surface area contributed by atoms with Crippen LogP contribution in [0.15, 0.2) is 30.3 Å². The molecule has 1 aromatic heterocycles. The van der Waals surface area contributed by atoms with Gasteiger partial charge in [0.1, 0.15) is 11.5 Å². The molecule has 1 aromatic carbocycles. The molecule has 0 N–H and O–H groups in total. The Labute approximate surface area is 86.2 Å². The van der Waals surface area contributed by atoms with Crippen LogP contribution in [0, 0.1) is 5.82 Å². The van der Waals surface area contributed by atoms with Gasteiger partial charge in [-0.3, -0.25) is 9.48 Å². The Morgan fingerprint density at radius 1 is 1.33 bits per heavy atom. The lowest BCUT2D eigenvalue weighted by Gasteiger charge is -1.94. The zero-order valence-corrected chi connectivity index (χ0v) is 8.14. The van der Waals surface area contributed by atoms with Gasteiger partial charge in [-0.1, -0.05) is 0 Å². The molecule has 0 aliphatic rings. The monoisotopic (exact) mass is 204 g/mol. The molecule has 76 valence electrons. The first-order valence-corrected chi connectivity index (χ1v) is 4.46. The molecule has 0 saturated heterocycles. The van der Waals surface area contributed by atoms with Crippen LogP contribution in [-0.4, -0.2) is 16.1 Å². The van der Waals surface area contributed by atoms with E-state index in [4.69, 9.17) is 0 Å². The van der Waals surface area contributed by atoms with Crippen LogP contribution >= 0.6 is 0 Å². The van der Waals surface area contributed by atoms with E-state index in [9.17, 15) is 9.18 Å². The lowest BCUT2D eigenvalue weighted by atomic mass is 10.1. The maximum atomic E-state index is 12.7. The summed E-state index contributed by atoms with van der Waals surface area (Å²) >= 11 is 0. The number of rotatable bonds is 2. The van der Waals surface area contributed by atoms with Gasteiger partial charge >= 0.3 is 0 Å². The first kappa shape index (κ1) is 9.58. The highest BCUT2D eigenvalue weighted by molar-refractivity contribution is 5.75. The Morgan fingerprint density at radius 2 is 2.00 bits per heavy atom. The van der Waals surface area contributed by atoms with E-state index < -0.39 is 0 Å². The molecule has 15 heavy (non-hydrogen) atoms. The van der Waals surface area contributed by atoms with Crippen LogP contribution in [0.25, 0.3) is 11.3 Å². The van der Waals surface area contributed by atoms with Gasteiger partial charge in [-0.15, -0.1) is 0 Å². The maximum absolute atomic E-state index is 12.7. The van der Waals surface area contributed by atoms with Crippen molar-refractivity contribution in [2.45, 2.75) is 0 Å². The number of hydrogen-bond donors (Lipinski definition) is 0. The summed E-state index contributed by atoms with van der Waals surface area (Å²) in [6, 6.07) is 7.66. The van der Waals surface area contributed by atoms with Gasteiger partial charge in [0.2, 0.25) is 0 Å². The summed E-state index contributed by atoms with van der Waals surface area (Å²) in [5.41, 5.74) is 1.95. The fourth-order valence-electron chi connectivity index (χ4n) is 1.35. The molecule has 0 aliphatic heterocycles. The van der Waals surface area contributed by atoms with Gasteiger partial charge in [0.15, 0.2) is 6.29 Å². The zero-order chi connectivity index (χ0) is 10.8. The number of nitrogens with zero attached hydrogens (tertiary/aromatic N) is 2. The zero-order valence-electron chi connectivity index (χ0n) is 8.14. The molecular weight excluding hydrogens is 195 g/mol.